The van der Waals surface area contributed by atoms with E-state index >= 15 is 0 Å². The van der Waals surface area contributed by atoms with Crippen molar-refractivity contribution in [3.63, 3.8) is 0 Å². The van der Waals surface area contributed by atoms with Gasteiger partial charge >= 0.3 is 0 Å². The average Bonchev–Trinajstić information content (AvgIpc) is 2.91. The van der Waals surface area contributed by atoms with Gasteiger partial charge in [0.2, 0.25) is 0 Å². The average molecular weight is 238 g/mol. The van der Waals surface area contributed by atoms with Crippen LogP contribution in [0.2, 0.25) is 0 Å². The van der Waals surface area contributed by atoms with Crippen LogP contribution in [0.15, 0.2) is 6.33 Å². The number of nitrogens with zero attached hydrogens (tertiary/aromatic N) is 3. The van der Waals surface area contributed by atoms with E-state index in [-0.39, 0.29) is 0 Å². The van der Waals surface area contributed by atoms with Crippen molar-refractivity contribution in [3.05, 3.63) is 12.2 Å². The molecule has 5 nitrogen and oxygen atoms in total. The second-order valence-electron chi connectivity index (χ2n) is 5.11. The first kappa shape index (κ1) is 12.5. The third-order valence-electron chi connectivity index (χ3n) is 2.99. The summed E-state index contributed by atoms with van der Waals surface area (Å²) in [6.45, 7) is 8.89. The quantitative estimate of drug-likeness (QED) is 0.805. The molecule has 1 atom stereocenters. The maximum atomic E-state index is 5.38. The highest BCUT2D eigenvalue weighted by Crippen LogP contribution is 2.14. The zero-order chi connectivity index (χ0) is 12.1. The van der Waals surface area contributed by atoms with E-state index in [4.69, 9.17) is 4.74 Å². The van der Waals surface area contributed by atoms with Gasteiger partial charge in [-0.15, -0.1) is 0 Å². The number of ether oxygens (including phenoxy) is 1. The highest BCUT2D eigenvalue weighted by atomic mass is 16.5. The highest BCUT2D eigenvalue weighted by molar-refractivity contribution is 4.85. The van der Waals surface area contributed by atoms with Crippen LogP contribution >= 0.6 is 0 Å². The van der Waals surface area contributed by atoms with Crippen molar-refractivity contribution in [2.24, 2.45) is 11.8 Å². The Labute approximate surface area is 103 Å². The number of hydrogen-bond acceptors (Lipinski definition) is 4. The third kappa shape index (κ3) is 3.78. The maximum Gasteiger partial charge on any atom is 0.140 e. The lowest BCUT2D eigenvalue weighted by Crippen LogP contribution is -2.23. The van der Waals surface area contributed by atoms with Gasteiger partial charge in [-0.2, -0.15) is 5.10 Å². The molecule has 1 N–H and O–H groups in total. The van der Waals surface area contributed by atoms with E-state index in [1.165, 1.54) is 0 Å². The van der Waals surface area contributed by atoms with Gasteiger partial charge in [0.05, 0.1) is 13.2 Å². The van der Waals surface area contributed by atoms with Crippen molar-refractivity contribution in [1.29, 1.82) is 0 Å². The maximum absolute atomic E-state index is 5.38. The van der Waals surface area contributed by atoms with Crippen molar-refractivity contribution in [1.82, 2.24) is 20.1 Å². The van der Waals surface area contributed by atoms with Gasteiger partial charge in [-0.05, 0) is 18.9 Å². The molecule has 1 saturated heterocycles. The van der Waals surface area contributed by atoms with Crippen LogP contribution in [-0.2, 0) is 17.8 Å². The molecule has 5 heteroatoms. The second kappa shape index (κ2) is 6.12. The Morgan fingerprint density at radius 2 is 2.47 bits per heavy atom. The zero-order valence-corrected chi connectivity index (χ0v) is 10.7. The molecule has 1 aromatic heterocycles. The van der Waals surface area contributed by atoms with Crippen LogP contribution in [0, 0.1) is 11.8 Å². The Kier molecular flexibility index (Phi) is 4.50. The Morgan fingerprint density at radius 1 is 1.59 bits per heavy atom. The molecule has 1 fully saturated rings. The molecule has 2 rings (SSSR count). The molecule has 0 radical (unpaired) electrons. The fourth-order valence-corrected chi connectivity index (χ4v) is 2.02. The van der Waals surface area contributed by atoms with E-state index < -0.39 is 0 Å². The summed E-state index contributed by atoms with van der Waals surface area (Å²) in [5.41, 5.74) is 0. The molecule has 0 aromatic carbocycles. The molecule has 96 valence electrons. The van der Waals surface area contributed by atoms with Crippen LogP contribution in [0.5, 0.6) is 0 Å². The SMILES string of the molecule is CC(C)CNCc1ncnn1CC1CCOC1. The standard InChI is InChI=1S/C12H22N4O/c1-10(2)5-13-6-12-14-9-15-16(12)7-11-3-4-17-8-11/h9-11,13H,3-8H2,1-2H3. The number of hydrogen-bond donors (Lipinski definition) is 1. The molecule has 1 aliphatic rings. The molecule has 17 heavy (non-hydrogen) atoms. The van der Waals surface area contributed by atoms with Crippen LogP contribution in [0.25, 0.3) is 0 Å². The van der Waals surface area contributed by atoms with Gasteiger partial charge in [-0.1, -0.05) is 13.8 Å². The summed E-state index contributed by atoms with van der Waals surface area (Å²) in [5, 5.41) is 7.69. The van der Waals surface area contributed by atoms with Gasteiger partial charge in [0.1, 0.15) is 12.2 Å². The molecule has 0 spiro atoms. The molecule has 1 unspecified atom stereocenters. The van der Waals surface area contributed by atoms with Crippen LogP contribution < -0.4 is 5.32 Å². The van der Waals surface area contributed by atoms with Crippen LogP contribution in [-0.4, -0.2) is 34.5 Å². The van der Waals surface area contributed by atoms with Crippen molar-refractivity contribution >= 4 is 0 Å². The minimum atomic E-state index is 0.598. The van der Waals surface area contributed by atoms with Crippen molar-refractivity contribution in [2.75, 3.05) is 19.8 Å². The lowest BCUT2D eigenvalue weighted by atomic mass is 10.1. The van der Waals surface area contributed by atoms with Gasteiger partial charge in [-0.25, -0.2) is 9.67 Å². The Hall–Kier alpha value is -0.940. The first-order valence-corrected chi connectivity index (χ1v) is 6.41. The van der Waals surface area contributed by atoms with Gasteiger partial charge in [0.25, 0.3) is 0 Å². The summed E-state index contributed by atoms with van der Waals surface area (Å²) in [4.78, 5) is 4.30. The largest absolute Gasteiger partial charge is 0.381 e. The topological polar surface area (TPSA) is 52.0 Å². The molecular formula is C12H22N4O. The number of aromatic nitrogens is 3. The summed E-state index contributed by atoms with van der Waals surface area (Å²) in [5.74, 6) is 2.28. The smallest absolute Gasteiger partial charge is 0.140 e. The molecule has 1 aliphatic heterocycles. The summed E-state index contributed by atoms with van der Waals surface area (Å²) in [7, 11) is 0. The number of nitrogens with one attached hydrogen (secondary N) is 1. The first-order valence-electron chi connectivity index (χ1n) is 6.41. The van der Waals surface area contributed by atoms with Crippen molar-refractivity contribution in [2.45, 2.75) is 33.4 Å². The summed E-state index contributed by atoms with van der Waals surface area (Å²) < 4.78 is 7.39. The third-order valence-corrected chi connectivity index (χ3v) is 2.99. The molecule has 1 aromatic rings. The number of rotatable bonds is 6. The minimum absolute atomic E-state index is 0.598. The molecule has 0 aliphatic carbocycles. The lowest BCUT2D eigenvalue weighted by Gasteiger charge is -2.11. The van der Waals surface area contributed by atoms with E-state index in [1.54, 1.807) is 6.33 Å². The van der Waals surface area contributed by atoms with Gasteiger partial charge in [-0.3, -0.25) is 0 Å². The zero-order valence-electron chi connectivity index (χ0n) is 10.7. The van der Waals surface area contributed by atoms with E-state index in [0.29, 0.717) is 11.8 Å². The fraction of sp³-hybridized carbons (Fsp3) is 0.833. The highest BCUT2D eigenvalue weighted by Gasteiger charge is 2.17. The van der Waals surface area contributed by atoms with E-state index in [1.807, 2.05) is 4.68 Å². The summed E-state index contributed by atoms with van der Waals surface area (Å²) in [6, 6.07) is 0. The Balaban J connectivity index is 1.83. The van der Waals surface area contributed by atoms with E-state index in [9.17, 15) is 0 Å². The molecule has 2 heterocycles. The minimum Gasteiger partial charge on any atom is -0.381 e. The lowest BCUT2D eigenvalue weighted by molar-refractivity contribution is 0.181. The summed E-state index contributed by atoms with van der Waals surface area (Å²) in [6.07, 6.45) is 2.78. The van der Waals surface area contributed by atoms with Gasteiger partial charge < -0.3 is 10.1 Å². The molecule has 0 saturated carbocycles. The van der Waals surface area contributed by atoms with E-state index in [2.05, 4.69) is 29.2 Å². The molecule has 0 amide bonds. The van der Waals surface area contributed by atoms with Crippen molar-refractivity contribution in [3.8, 4) is 0 Å². The van der Waals surface area contributed by atoms with Crippen LogP contribution in [0.1, 0.15) is 26.1 Å². The van der Waals surface area contributed by atoms with Crippen molar-refractivity contribution < 1.29 is 4.74 Å². The molecular weight excluding hydrogens is 216 g/mol. The van der Waals surface area contributed by atoms with Crippen LogP contribution in [0.4, 0.5) is 0 Å². The fourth-order valence-electron chi connectivity index (χ4n) is 2.02. The predicted octanol–water partition coefficient (Wildman–Crippen LogP) is 1.06. The van der Waals surface area contributed by atoms with E-state index in [0.717, 1.165) is 45.1 Å². The normalized spacial score (nSPS) is 20.3. The van der Waals surface area contributed by atoms with Gasteiger partial charge in [0, 0.05) is 19.1 Å². The predicted molar refractivity (Wildman–Crippen MR) is 65.5 cm³/mol. The monoisotopic (exact) mass is 238 g/mol. The second-order valence-corrected chi connectivity index (χ2v) is 5.11. The first-order chi connectivity index (χ1) is 8.25. The summed E-state index contributed by atoms with van der Waals surface area (Å²) >= 11 is 0. The molecule has 0 bridgehead atoms. The van der Waals surface area contributed by atoms with Gasteiger partial charge in [0.15, 0.2) is 0 Å². The Bertz CT molecular complexity index is 331. The Morgan fingerprint density at radius 3 is 3.18 bits per heavy atom. The van der Waals surface area contributed by atoms with Crippen LogP contribution in [0.3, 0.4) is 0 Å².